The van der Waals surface area contributed by atoms with E-state index < -0.39 is 18.8 Å². The molecule has 0 aromatic heterocycles. The third-order valence-electron chi connectivity index (χ3n) is 5.56. The van der Waals surface area contributed by atoms with Crippen molar-refractivity contribution in [2.24, 2.45) is 0 Å². The molecule has 0 heterocycles. The van der Waals surface area contributed by atoms with Gasteiger partial charge < -0.3 is 0 Å². The average molecular weight is 480 g/mol. The first-order chi connectivity index (χ1) is 14.4. The summed E-state index contributed by atoms with van der Waals surface area (Å²) in [5.41, 5.74) is 0. The maximum absolute atomic E-state index is 3.37. The molecule has 0 aliphatic heterocycles. The topological polar surface area (TPSA) is 0 Å². The third-order valence-corrected chi connectivity index (χ3v) is 17.9. The monoisotopic (exact) mass is 479 g/mol. The number of rotatable bonds is 4. The molecule has 0 saturated heterocycles. The minimum absolute atomic E-state index is 1.31. The van der Waals surface area contributed by atoms with Crippen LogP contribution in [0.5, 0.6) is 0 Å². The van der Waals surface area contributed by atoms with Crippen LogP contribution in [-0.4, -0.2) is 18.8 Å². The van der Waals surface area contributed by atoms with Crippen LogP contribution in [0.4, 0.5) is 0 Å². The molecule has 0 fully saturated rings. The summed E-state index contributed by atoms with van der Waals surface area (Å²) in [6.45, 7) is 0. The Bertz CT molecular complexity index is 1130. The molecule has 0 aliphatic carbocycles. The Hall–Kier alpha value is -2.82. The van der Waals surface area contributed by atoms with E-state index in [-0.39, 0.29) is 0 Å². The Balaban J connectivity index is 1.99. The van der Waals surface area contributed by atoms with Crippen molar-refractivity contribution in [2.75, 3.05) is 0 Å². The Kier molecular flexibility index (Phi) is 4.96. The molecule has 0 saturated carbocycles. The quantitative estimate of drug-likeness (QED) is 0.338. The molecular weight excluding hydrogens is 458 g/mol. The van der Waals surface area contributed by atoms with E-state index in [2.05, 4.69) is 133 Å². The summed E-state index contributed by atoms with van der Waals surface area (Å²) in [5, 5.41) is 2.68. The van der Waals surface area contributed by atoms with Crippen LogP contribution in [-0.2, 0) is 0 Å². The van der Waals surface area contributed by atoms with Gasteiger partial charge in [-0.15, -0.1) is 0 Å². The first-order valence-electron chi connectivity index (χ1n) is 9.95. The van der Waals surface area contributed by atoms with E-state index in [4.69, 9.17) is 0 Å². The zero-order chi connectivity index (χ0) is 19.5. The van der Waals surface area contributed by atoms with Gasteiger partial charge in [-0.2, -0.15) is 0 Å². The van der Waals surface area contributed by atoms with E-state index in [9.17, 15) is 0 Å². The van der Waals surface area contributed by atoms with E-state index in [1.807, 2.05) is 0 Å². The molecule has 138 valence electrons. The van der Waals surface area contributed by atoms with Crippen molar-refractivity contribution in [1.82, 2.24) is 0 Å². The Morgan fingerprint density at radius 1 is 0.345 bits per heavy atom. The molecule has 5 aromatic rings. The van der Waals surface area contributed by atoms with Crippen LogP contribution in [0.1, 0.15) is 0 Å². The van der Waals surface area contributed by atoms with Crippen molar-refractivity contribution in [3.63, 3.8) is 0 Å². The van der Waals surface area contributed by atoms with Crippen molar-refractivity contribution in [3.05, 3.63) is 133 Å². The fraction of sp³-hybridized carbons (Fsp3) is 0. The van der Waals surface area contributed by atoms with E-state index >= 15 is 0 Å². The van der Waals surface area contributed by atoms with E-state index in [0.29, 0.717) is 0 Å². The van der Waals surface area contributed by atoms with Crippen LogP contribution in [0.3, 0.4) is 0 Å². The SMILES string of the molecule is c1cc[c]([Sb+]([c]2ccccc2)([c]2ccccc2)[c]2cccc3ccccc23)cc1. The van der Waals surface area contributed by atoms with Gasteiger partial charge in [0.05, 0.1) is 0 Å². The molecule has 5 aromatic carbocycles. The van der Waals surface area contributed by atoms with Crippen molar-refractivity contribution in [3.8, 4) is 0 Å². The van der Waals surface area contributed by atoms with Gasteiger partial charge in [-0.1, -0.05) is 0 Å². The standard InChI is InChI=1S/C10H7.3C6H5.Sb/c1-2-6-10-8-4-3-7-9(10)5-1;3*1-2-4-6-5-3-1;/h1-7H;3*1-5H;/q;;;;+1. The van der Waals surface area contributed by atoms with Gasteiger partial charge in [-0.25, -0.2) is 0 Å². The van der Waals surface area contributed by atoms with Gasteiger partial charge in [-0.3, -0.25) is 0 Å². The van der Waals surface area contributed by atoms with E-state index in [1.54, 1.807) is 0 Å². The van der Waals surface area contributed by atoms with Crippen LogP contribution in [0, 0.1) is 0 Å². The van der Waals surface area contributed by atoms with Gasteiger partial charge >= 0.3 is 177 Å². The molecule has 29 heavy (non-hydrogen) atoms. The fourth-order valence-corrected chi connectivity index (χ4v) is 17.1. The van der Waals surface area contributed by atoms with Crippen molar-refractivity contribution in [1.29, 1.82) is 0 Å². The molecule has 0 nitrogen and oxygen atoms in total. The van der Waals surface area contributed by atoms with Crippen LogP contribution < -0.4 is 14.0 Å². The summed E-state index contributed by atoms with van der Waals surface area (Å²) < 4.78 is 5.92. The zero-order valence-electron chi connectivity index (χ0n) is 16.1. The Morgan fingerprint density at radius 3 is 1.28 bits per heavy atom. The first kappa shape index (κ1) is 18.2. The second-order valence-corrected chi connectivity index (χ2v) is 16.8. The molecule has 0 aliphatic rings. The molecule has 0 spiro atoms. The van der Waals surface area contributed by atoms with Gasteiger partial charge in [0, 0.05) is 0 Å². The number of hydrogen-bond acceptors (Lipinski definition) is 0. The maximum atomic E-state index is 2.38. The minimum atomic E-state index is -3.37. The second kappa shape index (κ2) is 7.89. The third kappa shape index (κ3) is 3.09. The molecule has 0 N–H and O–H groups in total. The number of hydrogen-bond donors (Lipinski definition) is 0. The summed E-state index contributed by atoms with van der Waals surface area (Å²) in [6, 6.07) is 49.2. The number of fused-ring (bicyclic) bond motifs is 1. The van der Waals surface area contributed by atoms with Crippen molar-refractivity contribution in [2.45, 2.75) is 0 Å². The van der Waals surface area contributed by atoms with Gasteiger partial charge in [0.1, 0.15) is 0 Å². The molecule has 5 rings (SSSR count). The molecule has 0 amide bonds. The normalized spacial score (nSPS) is 11.4. The summed E-state index contributed by atoms with van der Waals surface area (Å²) in [4.78, 5) is 0. The predicted molar refractivity (Wildman–Crippen MR) is 128 cm³/mol. The Morgan fingerprint density at radius 2 is 0.759 bits per heavy atom. The fourth-order valence-electron chi connectivity index (χ4n) is 4.32. The molecule has 0 unspecified atom stereocenters. The second-order valence-electron chi connectivity index (χ2n) is 7.18. The predicted octanol–water partition coefficient (Wildman–Crippen LogP) is 4.22. The van der Waals surface area contributed by atoms with E-state index in [0.717, 1.165) is 0 Å². The molecule has 0 radical (unpaired) electrons. The molecule has 1 heteroatoms. The van der Waals surface area contributed by atoms with Crippen LogP contribution in [0.25, 0.3) is 10.8 Å². The van der Waals surface area contributed by atoms with Crippen LogP contribution in [0.15, 0.2) is 133 Å². The Labute approximate surface area is 176 Å². The van der Waals surface area contributed by atoms with Crippen molar-refractivity contribution >= 4 is 43.6 Å². The average Bonchev–Trinajstić information content (AvgIpc) is 2.82. The van der Waals surface area contributed by atoms with Gasteiger partial charge in [0.15, 0.2) is 0 Å². The van der Waals surface area contributed by atoms with Crippen LogP contribution >= 0.6 is 0 Å². The first-order valence-corrected chi connectivity index (χ1v) is 15.1. The summed E-state index contributed by atoms with van der Waals surface area (Å²) in [6.07, 6.45) is 0. The van der Waals surface area contributed by atoms with E-state index in [1.165, 1.54) is 24.8 Å². The summed E-state index contributed by atoms with van der Waals surface area (Å²) in [7, 11) is 0. The molecular formula is C28H22Sb+. The summed E-state index contributed by atoms with van der Waals surface area (Å²) >= 11 is -3.37. The zero-order valence-corrected chi connectivity index (χ0v) is 18.7. The van der Waals surface area contributed by atoms with Gasteiger partial charge in [0.25, 0.3) is 0 Å². The van der Waals surface area contributed by atoms with Gasteiger partial charge in [-0.05, 0) is 0 Å². The molecule has 0 bridgehead atoms. The molecule has 0 atom stereocenters. The summed E-state index contributed by atoms with van der Waals surface area (Å²) in [5.74, 6) is 0. The van der Waals surface area contributed by atoms with Crippen LogP contribution in [0.2, 0.25) is 0 Å². The van der Waals surface area contributed by atoms with Crippen molar-refractivity contribution < 1.29 is 0 Å². The number of benzene rings is 5. The van der Waals surface area contributed by atoms with Gasteiger partial charge in [0.2, 0.25) is 0 Å².